The number of hydrogen-bond donors (Lipinski definition) is 0. The molecule has 0 spiro atoms. The molecule has 0 aliphatic carbocycles. The Kier molecular flexibility index (Phi) is 8.09. The van der Waals surface area contributed by atoms with Crippen molar-refractivity contribution in [3.63, 3.8) is 0 Å². The van der Waals surface area contributed by atoms with E-state index < -0.39 is 10.4 Å². The Morgan fingerprint density at radius 3 is 1.38 bits per heavy atom. The van der Waals surface area contributed by atoms with Crippen molar-refractivity contribution < 1.29 is 16.8 Å². The van der Waals surface area contributed by atoms with Crippen molar-refractivity contribution in [2.45, 2.75) is 0 Å². The van der Waals surface area contributed by atoms with E-state index in [0.29, 0.717) is 0 Å². The van der Waals surface area contributed by atoms with E-state index in [1.165, 1.54) is 0 Å². The predicted molar refractivity (Wildman–Crippen MR) is 28.7 cm³/mol. The molecule has 0 aromatic heterocycles. The zero-order valence-corrected chi connectivity index (χ0v) is 8.98. The fourth-order valence-corrected chi connectivity index (χ4v) is 0.204. The summed E-state index contributed by atoms with van der Waals surface area (Å²) in [6.07, 6.45) is 0. The average Bonchev–Trinajstić information content (AvgIpc) is 1.68. The second-order valence-electron chi connectivity index (χ2n) is 0.742. The Hall–Kier alpha value is 1.51. The molecule has 0 aromatic rings. The summed E-state index contributed by atoms with van der Waals surface area (Å²) >= 11 is 0. The van der Waals surface area contributed by atoms with E-state index in [9.17, 15) is 8.42 Å². The largest absolute Gasteiger partial charge is 0.399 e. The van der Waals surface area contributed by atoms with E-state index in [4.69, 9.17) is 0 Å². The number of hydrogen-bond acceptors (Lipinski definition) is 4. The van der Waals surface area contributed by atoms with Gasteiger partial charge < -0.3 is 0 Å². The molecule has 0 aliphatic heterocycles. The van der Waals surface area contributed by atoms with Crippen LogP contribution in [0.15, 0.2) is 0 Å². The van der Waals surface area contributed by atoms with Crippen LogP contribution in [0.4, 0.5) is 0 Å². The molecule has 0 aliphatic rings. The molecule has 0 bridgehead atoms. The van der Waals surface area contributed by atoms with E-state index >= 15 is 0 Å². The van der Waals surface area contributed by atoms with Gasteiger partial charge in [-0.3, -0.25) is 8.37 Å². The van der Waals surface area contributed by atoms with Gasteiger partial charge in [0.2, 0.25) is 0 Å². The summed E-state index contributed by atoms with van der Waals surface area (Å²) in [6.45, 7) is 0. The van der Waals surface area contributed by atoms with Crippen molar-refractivity contribution >= 4 is 61.8 Å². The SMILES string of the molecule is COS(=O)(=O)OC.[K]. The minimum Gasteiger partial charge on any atom is -0.252 e. The molecule has 0 aromatic carbocycles. The van der Waals surface area contributed by atoms with Crippen molar-refractivity contribution in [2.24, 2.45) is 0 Å². The predicted octanol–water partition coefficient (Wildman–Crippen LogP) is -0.857. The fraction of sp³-hybridized carbons (Fsp3) is 1.00. The van der Waals surface area contributed by atoms with Crippen molar-refractivity contribution in [1.29, 1.82) is 0 Å². The first-order valence-electron chi connectivity index (χ1n) is 1.48. The Morgan fingerprint density at radius 2 is 1.38 bits per heavy atom. The average molecular weight is 165 g/mol. The molecule has 0 saturated heterocycles. The van der Waals surface area contributed by atoms with Crippen molar-refractivity contribution in [3.8, 4) is 0 Å². The van der Waals surface area contributed by atoms with Crippen LogP contribution in [0.1, 0.15) is 0 Å². The van der Waals surface area contributed by atoms with Gasteiger partial charge in [-0.25, -0.2) is 0 Å². The molecule has 0 amide bonds. The summed E-state index contributed by atoms with van der Waals surface area (Å²) in [5, 5.41) is 0. The summed E-state index contributed by atoms with van der Waals surface area (Å²) in [5.74, 6) is 0. The second kappa shape index (κ2) is 5.30. The molecule has 0 heterocycles. The van der Waals surface area contributed by atoms with Gasteiger partial charge in [0.15, 0.2) is 0 Å². The molecule has 0 N–H and O–H groups in total. The molecular formula is C2H6KO4S. The number of rotatable bonds is 2. The molecule has 1 radical (unpaired) electrons. The monoisotopic (exact) mass is 165 g/mol. The molecule has 8 heavy (non-hydrogen) atoms. The summed E-state index contributed by atoms with van der Waals surface area (Å²) in [5.41, 5.74) is 0. The van der Waals surface area contributed by atoms with Crippen molar-refractivity contribution in [3.05, 3.63) is 0 Å². The van der Waals surface area contributed by atoms with Gasteiger partial charge in [-0.05, 0) is 0 Å². The van der Waals surface area contributed by atoms with Crippen LogP contribution in [0.5, 0.6) is 0 Å². The van der Waals surface area contributed by atoms with Crippen LogP contribution in [-0.4, -0.2) is 74.0 Å². The molecule has 4 nitrogen and oxygen atoms in total. The van der Waals surface area contributed by atoms with E-state index in [1.807, 2.05) is 0 Å². The Labute approximate surface area is 91.3 Å². The van der Waals surface area contributed by atoms with E-state index in [-0.39, 0.29) is 51.4 Å². The fourth-order valence-electron chi connectivity index (χ4n) is 0.0680. The normalized spacial score (nSPS) is 10.2. The molecule has 0 rings (SSSR count). The third-order valence-electron chi connectivity index (χ3n) is 0.408. The molecule has 0 unspecified atom stereocenters. The Morgan fingerprint density at radius 1 is 1.12 bits per heavy atom. The third kappa shape index (κ3) is 5.64. The van der Waals surface area contributed by atoms with E-state index in [0.717, 1.165) is 14.2 Å². The van der Waals surface area contributed by atoms with Gasteiger partial charge in [0, 0.05) is 51.4 Å². The van der Waals surface area contributed by atoms with E-state index in [2.05, 4.69) is 8.37 Å². The van der Waals surface area contributed by atoms with Crippen LogP contribution >= 0.6 is 0 Å². The third-order valence-corrected chi connectivity index (χ3v) is 1.22. The zero-order valence-electron chi connectivity index (χ0n) is 5.04. The van der Waals surface area contributed by atoms with Gasteiger partial charge >= 0.3 is 10.4 Å². The molecule has 6 heteroatoms. The minimum atomic E-state index is -3.66. The van der Waals surface area contributed by atoms with Crippen LogP contribution in [0, 0.1) is 0 Å². The summed E-state index contributed by atoms with van der Waals surface area (Å²) < 4.78 is 27.5. The van der Waals surface area contributed by atoms with Crippen molar-refractivity contribution in [2.75, 3.05) is 14.2 Å². The minimum absolute atomic E-state index is 0. The summed E-state index contributed by atoms with van der Waals surface area (Å²) in [7, 11) is -1.60. The van der Waals surface area contributed by atoms with Crippen LogP contribution in [0.25, 0.3) is 0 Å². The molecule has 0 atom stereocenters. The Bertz CT molecular complexity index is 117. The maximum absolute atomic E-state index is 9.92. The zero-order chi connectivity index (χ0) is 5.91. The van der Waals surface area contributed by atoms with Crippen LogP contribution in [0.3, 0.4) is 0 Å². The van der Waals surface area contributed by atoms with Gasteiger partial charge in [-0.15, -0.1) is 0 Å². The molecule has 0 saturated carbocycles. The first-order chi connectivity index (χ1) is 3.12. The topological polar surface area (TPSA) is 52.6 Å². The standard InChI is InChI=1S/C2H6O4S.K/c1-5-7(3,4)6-2;/h1-2H3;. The maximum atomic E-state index is 9.92. The van der Waals surface area contributed by atoms with Gasteiger partial charge in [-0.2, -0.15) is 8.42 Å². The van der Waals surface area contributed by atoms with Crippen LogP contribution in [0.2, 0.25) is 0 Å². The molecular weight excluding hydrogens is 159 g/mol. The quantitative estimate of drug-likeness (QED) is 0.500. The van der Waals surface area contributed by atoms with Crippen LogP contribution < -0.4 is 0 Å². The first kappa shape index (κ1) is 12.2. The smallest absolute Gasteiger partial charge is 0.252 e. The molecule has 45 valence electrons. The Balaban J connectivity index is 0. The van der Waals surface area contributed by atoms with Gasteiger partial charge in [0.1, 0.15) is 0 Å². The van der Waals surface area contributed by atoms with Gasteiger partial charge in [-0.1, -0.05) is 0 Å². The summed E-state index contributed by atoms with van der Waals surface area (Å²) in [4.78, 5) is 0. The maximum Gasteiger partial charge on any atom is 0.399 e. The second-order valence-corrected chi connectivity index (χ2v) is 2.22. The first-order valence-corrected chi connectivity index (χ1v) is 2.82. The van der Waals surface area contributed by atoms with Gasteiger partial charge in [0.05, 0.1) is 14.2 Å². The summed E-state index contributed by atoms with van der Waals surface area (Å²) in [6, 6.07) is 0. The van der Waals surface area contributed by atoms with Crippen molar-refractivity contribution in [1.82, 2.24) is 0 Å². The molecule has 0 fully saturated rings. The van der Waals surface area contributed by atoms with Crippen LogP contribution in [-0.2, 0) is 18.8 Å². The van der Waals surface area contributed by atoms with Gasteiger partial charge in [0.25, 0.3) is 0 Å². The van der Waals surface area contributed by atoms with E-state index in [1.54, 1.807) is 0 Å².